The first-order valence-electron chi connectivity index (χ1n) is 20.6. The average molecular weight is 911 g/mol. The first-order valence-corrected chi connectivity index (χ1v) is 20.6. The van der Waals surface area contributed by atoms with E-state index in [1.54, 1.807) is 41.5 Å². The van der Waals surface area contributed by atoms with Gasteiger partial charge in [0, 0.05) is 70.8 Å². The van der Waals surface area contributed by atoms with Crippen LogP contribution in [-0.4, -0.2) is 173 Å². The summed E-state index contributed by atoms with van der Waals surface area (Å²) >= 11 is 0. The number of nitrogens with zero attached hydrogens (tertiary/aromatic N) is 2. The van der Waals surface area contributed by atoms with Gasteiger partial charge in [-0.25, -0.2) is 0 Å². The van der Waals surface area contributed by atoms with Gasteiger partial charge in [-0.3, -0.25) is 4.79 Å². The average Bonchev–Trinajstić information content (AvgIpc) is 3.10. The fraction of sp³-hybridized carbons (Fsp3) is 0.929. The fourth-order valence-electron chi connectivity index (χ4n) is 8.18. The van der Waals surface area contributed by atoms with Gasteiger partial charge >= 0.3 is 5.97 Å². The third kappa shape index (κ3) is 15.7. The Balaban J connectivity index is 0.00000786. The Bertz CT molecular complexity index is 1180. The molecule has 0 spiro atoms. The number of ether oxygens (including phenoxy) is 6. The Morgan fingerprint density at radius 3 is 2.10 bits per heavy atom. The zero-order valence-electron chi connectivity index (χ0n) is 38.5. The van der Waals surface area contributed by atoms with Gasteiger partial charge in [0.2, 0.25) is 0 Å². The monoisotopic (exact) mass is 911 g/mol. The molecule has 1 radical (unpaired) electrons. The molecule has 0 bridgehead atoms. The summed E-state index contributed by atoms with van der Waals surface area (Å²) in [4.78, 5) is 17.4. The summed E-state index contributed by atoms with van der Waals surface area (Å²) in [6.07, 6.45) is -5.74. The van der Waals surface area contributed by atoms with Crippen LogP contribution in [0.15, 0.2) is 0 Å². The molecule has 2 aliphatic rings. The predicted octanol–water partition coefficient (Wildman–Crippen LogP) is 2.52. The Morgan fingerprint density at radius 1 is 1.07 bits per heavy atom. The van der Waals surface area contributed by atoms with Crippen LogP contribution in [0.25, 0.3) is 0 Å². The van der Waals surface area contributed by atoms with Gasteiger partial charge in [-0.15, -0.1) is 6.54 Å². The van der Waals surface area contributed by atoms with E-state index in [9.17, 15) is 30.3 Å². The number of carbonyl (C=O) groups excluding carboxylic acids is 1. The van der Waals surface area contributed by atoms with Crippen LogP contribution in [0.4, 0.5) is 0 Å². The Morgan fingerprint density at radius 2 is 1.62 bits per heavy atom. The largest absolute Gasteiger partial charge is 0.465 e. The van der Waals surface area contributed by atoms with Crippen molar-refractivity contribution in [2.45, 2.75) is 186 Å². The zero-order chi connectivity index (χ0) is 44.4. The van der Waals surface area contributed by atoms with E-state index in [0.29, 0.717) is 25.9 Å². The molecule has 0 aliphatic carbocycles. The number of carbonyl (C=O) groups is 1. The number of hydrogen-bond acceptors (Lipinski definition) is 15. The van der Waals surface area contributed by atoms with Crippen molar-refractivity contribution >= 4 is 5.97 Å². The number of methoxy groups -OCH3 is 1. The predicted molar refractivity (Wildman–Crippen MR) is 220 cm³/mol. The standard InChI is InChI=1S/C40H77N2O12.C2H6N.Y/c1-17-18-50-35(45)26(5)32(53-30-21-39(11,49-16)40(12,48)28(7)52-30)25(4)34(54-36-31(43)29(41(13)14)19-24(3)51-36)38(10,47)20-23(2)22-42(15)27(6)33(44)37(8,9)46;1-2-3;/h23-34,36,43-44,46-48H,12,17-22H2,1-11,13-16H3;1-3H2;/q2*-1;. The van der Waals surface area contributed by atoms with Crippen LogP contribution in [0.2, 0.25) is 0 Å². The van der Waals surface area contributed by atoms with E-state index in [4.69, 9.17) is 34.2 Å². The van der Waals surface area contributed by atoms with Gasteiger partial charge < -0.3 is 83.3 Å². The molecule has 0 aromatic heterocycles. The molecule has 2 rings (SSSR count). The molecule has 2 saturated heterocycles. The Labute approximate surface area is 376 Å². The van der Waals surface area contributed by atoms with Crippen LogP contribution in [0.1, 0.15) is 102 Å². The van der Waals surface area contributed by atoms with Crippen molar-refractivity contribution < 1.29 is 91.5 Å². The third-order valence-corrected chi connectivity index (χ3v) is 12.0. The van der Waals surface area contributed by atoms with Crippen LogP contribution < -0.4 is 5.73 Å². The molecule has 0 saturated carbocycles. The molecular formula is C42H83N3O12Y-2. The molecular weight excluding hydrogens is 827 g/mol. The smallest absolute Gasteiger partial charge is 0.311 e. The maximum Gasteiger partial charge on any atom is 0.311 e. The molecule has 58 heavy (non-hydrogen) atoms. The molecule has 0 amide bonds. The van der Waals surface area contributed by atoms with E-state index in [1.807, 2.05) is 65.6 Å². The van der Waals surface area contributed by atoms with Crippen molar-refractivity contribution in [1.82, 2.24) is 9.80 Å². The minimum absolute atomic E-state index is 0. The summed E-state index contributed by atoms with van der Waals surface area (Å²) in [6, 6.07) is -0.672. The quantitative estimate of drug-likeness (QED) is 0.0768. The topological polar surface area (TPSA) is 206 Å². The summed E-state index contributed by atoms with van der Waals surface area (Å²) in [6.45, 7) is 27.8. The van der Waals surface area contributed by atoms with E-state index < -0.39 is 89.4 Å². The second-order valence-electron chi connectivity index (χ2n) is 18.1. The number of hydrogen-bond donors (Lipinski definition) is 6. The maximum atomic E-state index is 13.6. The summed E-state index contributed by atoms with van der Waals surface area (Å²) in [5.74, 6) is -2.25. The van der Waals surface area contributed by atoms with Crippen LogP contribution in [0.3, 0.4) is 0 Å². The molecule has 16 unspecified atom stereocenters. The summed E-state index contributed by atoms with van der Waals surface area (Å²) in [7, 11) is 7.11. The Hall–Kier alpha value is 0.0539. The van der Waals surface area contributed by atoms with E-state index in [0.717, 1.165) is 0 Å². The van der Waals surface area contributed by atoms with Gasteiger partial charge in [0.05, 0.1) is 59.8 Å². The third-order valence-electron chi connectivity index (χ3n) is 12.0. The molecule has 16 atom stereocenters. The van der Waals surface area contributed by atoms with Crippen molar-refractivity contribution in [3.8, 4) is 0 Å². The molecule has 2 aliphatic heterocycles. The van der Waals surface area contributed by atoms with Crippen LogP contribution in [0.5, 0.6) is 0 Å². The van der Waals surface area contributed by atoms with Crippen molar-refractivity contribution in [2.24, 2.45) is 23.5 Å². The van der Waals surface area contributed by atoms with Crippen LogP contribution in [-0.2, 0) is 65.9 Å². The molecule has 2 fully saturated rings. The summed E-state index contributed by atoms with van der Waals surface area (Å²) in [5.41, 5.74) is -0.915. The number of aliphatic hydroxyl groups is 5. The summed E-state index contributed by atoms with van der Waals surface area (Å²) in [5, 5.41) is 56.6. The second-order valence-corrected chi connectivity index (χ2v) is 18.1. The summed E-state index contributed by atoms with van der Waals surface area (Å²) < 4.78 is 37.2. The van der Waals surface area contributed by atoms with Crippen molar-refractivity contribution in [2.75, 3.05) is 47.9 Å². The molecule has 0 aromatic rings. The number of likely N-dealkylation sites (N-methyl/N-ethyl adjacent to an activating group) is 2. The molecule has 15 nitrogen and oxygen atoms in total. The van der Waals surface area contributed by atoms with E-state index in [2.05, 4.69) is 13.8 Å². The van der Waals surface area contributed by atoms with E-state index >= 15 is 0 Å². The molecule has 0 aromatic carbocycles. The first-order chi connectivity index (χ1) is 26.1. The molecule has 2 heterocycles. The normalized spacial score (nSPS) is 32.7. The number of aliphatic hydroxyl groups excluding tert-OH is 2. The molecule has 7 N–H and O–H groups in total. The van der Waals surface area contributed by atoms with Gasteiger partial charge in [-0.05, 0) is 107 Å². The maximum absolute atomic E-state index is 13.6. The minimum Gasteiger partial charge on any atom is -0.465 e. The van der Waals surface area contributed by atoms with Crippen molar-refractivity contribution in [3.63, 3.8) is 0 Å². The van der Waals surface area contributed by atoms with E-state index in [1.165, 1.54) is 7.11 Å². The zero-order valence-corrected chi connectivity index (χ0v) is 41.4. The van der Waals surface area contributed by atoms with Crippen LogP contribution >= 0.6 is 0 Å². The number of esters is 1. The molecule has 16 heteroatoms. The fourth-order valence-corrected chi connectivity index (χ4v) is 8.18. The number of nitrogens with two attached hydrogens (primary N) is 1. The van der Waals surface area contributed by atoms with Crippen molar-refractivity contribution in [1.29, 1.82) is 0 Å². The second kappa shape index (κ2) is 24.8. The SMILES string of the molecule is [CH2-]C1(O)C(C)OC(OC(C(C)C(=O)OCCC)C(C)C(OC2OC(C)CC(N(C)C)C2O)C(C)(O)CC(C)CN(C)C(C)C(O)C(C)(C)O)CC1(C)OC.[CH2-]CN.[Y]. The van der Waals surface area contributed by atoms with Gasteiger partial charge in [0.1, 0.15) is 6.10 Å². The minimum atomic E-state index is -1.60. The van der Waals surface area contributed by atoms with Gasteiger partial charge in [-0.2, -0.15) is 0 Å². The van der Waals surface area contributed by atoms with Crippen molar-refractivity contribution in [3.05, 3.63) is 13.8 Å². The number of rotatable bonds is 20. The van der Waals surface area contributed by atoms with Crippen LogP contribution in [0, 0.1) is 31.6 Å². The van der Waals surface area contributed by atoms with Gasteiger partial charge in [-0.1, -0.05) is 20.8 Å². The van der Waals surface area contributed by atoms with Gasteiger partial charge in [0.25, 0.3) is 0 Å². The Kier molecular flexibility index (Phi) is 24.8. The van der Waals surface area contributed by atoms with E-state index in [-0.39, 0.29) is 70.2 Å². The first kappa shape index (κ1) is 58.1. The van der Waals surface area contributed by atoms with Gasteiger partial charge in [0.15, 0.2) is 12.6 Å². The molecule has 343 valence electrons.